The normalized spacial score (nSPS) is 22.7. The van der Waals surface area contributed by atoms with Crippen LogP contribution in [0.2, 0.25) is 0 Å². The van der Waals surface area contributed by atoms with Gasteiger partial charge in [-0.1, -0.05) is 0 Å². The van der Waals surface area contributed by atoms with Crippen LogP contribution >= 0.6 is 7.82 Å². The first-order chi connectivity index (χ1) is 16.1. The second-order valence-corrected chi connectivity index (χ2v) is 8.49. The molecule has 1 amide bonds. The number of aliphatic hydroxyl groups excluding tert-OH is 2. The third kappa shape index (κ3) is 4.85. The van der Waals surface area contributed by atoms with Crippen molar-refractivity contribution in [3.05, 3.63) is 46.5 Å². The molecule has 1 aliphatic heterocycles. The molecule has 0 radical (unpaired) electrons. The summed E-state index contributed by atoms with van der Waals surface area (Å²) in [5.74, 6) is -0.233. The smallest absolute Gasteiger partial charge is 0.469 e. The standard InChI is InChI=1S/C18H20N5O10P/c1-31-9-4-2-8(3-5-9)15(26)21-18-20-14-11(16(27)22-18)19-7-23(14)17-13(25)12(24)10(33-17)6-32-34(28,29)30/h2-5,7,10,12-13,17,24-25H,6H2,1H3,(H2,28,29,30)(H2,20,21,22,26,27)/t10-,12-,13-,17-/m1/s1. The van der Waals surface area contributed by atoms with Gasteiger partial charge in [-0.05, 0) is 24.3 Å². The molecule has 0 bridgehead atoms. The summed E-state index contributed by atoms with van der Waals surface area (Å²) in [4.78, 5) is 53.2. The van der Waals surface area contributed by atoms with Gasteiger partial charge in [0.2, 0.25) is 5.95 Å². The summed E-state index contributed by atoms with van der Waals surface area (Å²) in [6.45, 7) is -0.706. The minimum absolute atomic E-state index is 0.0819. The van der Waals surface area contributed by atoms with Gasteiger partial charge in [-0.3, -0.25) is 29.0 Å². The molecule has 3 aromatic rings. The highest BCUT2D eigenvalue weighted by atomic mass is 31.2. The largest absolute Gasteiger partial charge is 0.497 e. The first kappa shape index (κ1) is 24.0. The Morgan fingerprint density at radius 3 is 2.62 bits per heavy atom. The molecule has 1 aliphatic rings. The second-order valence-electron chi connectivity index (χ2n) is 7.25. The summed E-state index contributed by atoms with van der Waals surface area (Å²) < 4.78 is 27.0. The van der Waals surface area contributed by atoms with Gasteiger partial charge in [0.25, 0.3) is 11.5 Å². The van der Waals surface area contributed by atoms with Gasteiger partial charge in [0.1, 0.15) is 24.1 Å². The summed E-state index contributed by atoms with van der Waals surface area (Å²) in [7, 11) is -3.35. The molecule has 3 heterocycles. The van der Waals surface area contributed by atoms with E-state index in [-0.39, 0.29) is 22.7 Å². The predicted octanol–water partition coefficient (Wildman–Crippen LogP) is -0.891. The lowest BCUT2D eigenvalue weighted by atomic mass is 10.1. The van der Waals surface area contributed by atoms with Crippen LogP contribution in [0.15, 0.2) is 35.4 Å². The molecule has 2 aromatic heterocycles. The Morgan fingerprint density at radius 1 is 1.26 bits per heavy atom. The molecular formula is C18H20N5O10P. The number of anilines is 1. The minimum Gasteiger partial charge on any atom is -0.497 e. The Hall–Kier alpha value is -3.17. The van der Waals surface area contributed by atoms with Crippen molar-refractivity contribution in [2.45, 2.75) is 24.5 Å². The van der Waals surface area contributed by atoms with E-state index in [1.165, 1.54) is 19.2 Å². The number of phosphoric acid groups is 1. The number of carbonyl (C=O) groups is 1. The van der Waals surface area contributed by atoms with E-state index < -0.39 is 50.4 Å². The molecule has 4 rings (SSSR count). The number of hydrogen-bond donors (Lipinski definition) is 6. The third-order valence-corrected chi connectivity index (χ3v) is 5.52. The quantitative estimate of drug-likeness (QED) is 0.219. The van der Waals surface area contributed by atoms with E-state index in [9.17, 15) is 24.4 Å². The number of amides is 1. The monoisotopic (exact) mass is 497 g/mol. The average Bonchev–Trinajstić information content (AvgIpc) is 3.33. The number of methoxy groups -OCH3 is 1. The van der Waals surface area contributed by atoms with Crippen LogP contribution in [0.4, 0.5) is 5.95 Å². The fraction of sp³-hybridized carbons (Fsp3) is 0.333. The minimum atomic E-state index is -4.84. The average molecular weight is 497 g/mol. The third-order valence-electron chi connectivity index (χ3n) is 5.03. The fourth-order valence-electron chi connectivity index (χ4n) is 3.36. The highest BCUT2D eigenvalue weighted by molar-refractivity contribution is 7.46. The summed E-state index contributed by atoms with van der Waals surface area (Å²) in [5.41, 5.74) is -0.643. The lowest BCUT2D eigenvalue weighted by Crippen LogP contribution is -2.33. The molecule has 182 valence electrons. The molecule has 1 saturated heterocycles. The molecule has 1 aromatic carbocycles. The number of carbonyl (C=O) groups excluding carboxylic acids is 1. The Morgan fingerprint density at radius 2 is 1.97 bits per heavy atom. The molecule has 1 fully saturated rings. The van der Waals surface area contributed by atoms with Crippen molar-refractivity contribution < 1.29 is 43.4 Å². The number of H-pyrrole nitrogens is 1. The maximum atomic E-state index is 12.5. The molecule has 0 saturated carbocycles. The van der Waals surface area contributed by atoms with E-state index in [1.54, 1.807) is 12.1 Å². The van der Waals surface area contributed by atoms with Crippen molar-refractivity contribution in [2.75, 3.05) is 19.0 Å². The number of benzene rings is 1. The zero-order valence-corrected chi connectivity index (χ0v) is 18.3. The molecule has 0 spiro atoms. The number of nitrogens with zero attached hydrogens (tertiary/aromatic N) is 3. The van der Waals surface area contributed by atoms with Crippen LogP contribution in [0.3, 0.4) is 0 Å². The van der Waals surface area contributed by atoms with Gasteiger partial charge >= 0.3 is 7.82 Å². The van der Waals surface area contributed by atoms with Crippen molar-refractivity contribution in [2.24, 2.45) is 0 Å². The van der Waals surface area contributed by atoms with Gasteiger partial charge in [0.05, 0.1) is 20.0 Å². The van der Waals surface area contributed by atoms with Gasteiger partial charge in [-0.2, -0.15) is 4.98 Å². The number of fused-ring (bicyclic) bond motifs is 1. The van der Waals surface area contributed by atoms with Crippen LogP contribution in [0, 0.1) is 0 Å². The van der Waals surface area contributed by atoms with Gasteiger partial charge in [0, 0.05) is 5.56 Å². The number of imidazole rings is 1. The van der Waals surface area contributed by atoms with Crippen molar-refractivity contribution >= 4 is 30.8 Å². The van der Waals surface area contributed by atoms with Gasteiger partial charge in [-0.15, -0.1) is 0 Å². The van der Waals surface area contributed by atoms with Crippen molar-refractivity contribution in [1.29, 1.82) is 0 Å². The van der Waals surface area contributed by atoms with E-state index >= 15 is 0 Å². The van der Waals surface area contributed by atoms with Gasteiger partial charge < -0.3 is 29.5 Å². The number of aliphatic hydroxyl groups is 2. The van der Waals surface area contributed by atoms with Crippen LogP contribution in [-0.2, 0) is 13.8 Å². The highest BCUT2D eigenvalue weighted by Crippen LogP contribution is 2.38. The summed E-state index contributed by atoms with van der Waals surface area (Å²) in [5, 5.41) is 23.0. The SMILES string of the molecule is COc1ccc(C(=O)Nc2nc3c(ncn3[C@@H]3O[C@H](COP(=O)(O)O)[C@@H](O)[C@H]3O)c(=O)[nH]2)cc1. The lowest BCUT2D eigenvalue weighted by molar-refractivity contribution is -0.0503. The number of aromatic nitrogens is 4. The van der Waals surface area contributed by atoms with Crippen LogP contribution in [0.5, 0.6) is 5.75 Å². The van der Waals surface area contributed by atoms with Gasteiger partial charge in [0.15, 0.2) is 17.4 Å². The van der Waals surface area contributed by atoms with E-state index in [0.29, 0.717) is 5.75 Å². The van der Waals surface area contributed by atoms with E-state index in [4.69, 9.17) is 19.3 Å². The van der Waals surface area contributed by atoms with Crippen LogP contribution in [0.1, 0.15) is 16.6 Å². The van der Waals surface area contributed by atoms with Crippen LogP contribution in [0.25, 0.3) is 11.2 Å². The molecule has 16 heteroatoms. The van der Waals surface area contributed by atoms with Crippen molar-refractivity contribution in [3.63, 3.8) is 0 Å². The van der Waals surface area contributed by atoms with Crippen molar-refractivity contribution in [1.82, 2.24) is 19.5 Å². The topological polar surface area (TPSA) is 218 Å². The maximum Gasteiger partial charge on any atom is 0.469 e. The summed E-state index contributed by atoms with van der Waals surface area (Å²) in [6.07, 6.45) is -4.60. The Kier molecular flexibility index (Phi) is 6.51. The number of ether oxygens (including phenoxy) is 2. The number of rotatable bonds is 7. The summed E-state index contributed by atoms with van der Waals surface area (Å²) in [6, 6.07) is 6.19. The second kappa shape index (κ2) is 9.23. The fourth-order valence-corrected chi connectivity index (χ4v) is 3.70. The zero-order chi connectivity index (χ0) is 24.6. The number of aromatic amines is 1. The lowest BCUT2D eigenvalue weighted by Gasteiger charge is -2.16. The first-order valence-corrected chi connectivity index (χ1v) is 11.2. The number of hydrogen-bond acceptors (Lipinski definition) is 10. The molecule has 6 N–H and O–H groups in total. The van der Waals surface area contributed by atoms with E-state index in [0.717, 1.165) is 10.9 Å². The van der Waals surface area contributed by atoms with Crippen LogP contribution in [-0.4, -0.2) is 77.5 Å². The van der Waals surface area contributed by atoms with Gasteiger partial charge in [-0.25, -0.2) is 9.55 Å². The maximum absolute atomic E-state index is 12.5. The van der Waals surface area contributed by atoms with Crippen LogP contribution < -0.4 is 15.6 Å². The molecule has 0 unspecified atom stereocenters. The summed E-state index contributed by atoms with van der Waals surface area (Å²) >= 11 is 0. The molecule has 15 nitrogen and oxygen atoms in total. The molecule has 34 heavy (non-hydrogen) atoms. The Bertz CT molecular complexity index is 1300. The van der Waals surface area contributed by atoms with E-state index in [2.05, 4.69) is 24.8 Å². The first-order valence-electron chi connectivity index (χ1n) is 9.71. The highest BCUT2D eigenvalue weighted by Gasteiger charge is 2.45. The van der Waals surface area contributed by atoms with Crippen molar-refractivity contribution in [3.8, 4) is 5.75 Å². The number of phosphoric ester groups is 1. The predicted molar refractivity (Wildman–Crippen MR) is 113 cm³/mol. The molecular weight excluding hydrogens is 477 g/mol. The Labute approximate surface area is 190 Å². The Balaban J connectivity index is 1.59. The van der Waals surface area contributed by atoms with E-state index in [1.807, 2.05) is 0 Å². The molecule has 0 aliphatic carbocycles. The molecule has 4 atom stereocenters. The zero-order valence-electron chi connectivity index (χ0n) is 17.4. The number of nitrogens with one attached hydrogen (secondary N) is 2.